The van der Waals surface area contributed by atoms with Crippen LogP contribution >= 0.6 is 0 Å². The van der Waals surface area contributed by atoms with E-state index in [0.29, 0.717) is 18.1 Å². The summed E-state index contributed by atoms with van der Waals surface area (Å²) in [6, 6.07) is 12.5. The molecule has 0 amide bonds. The quantitative estimate of drug-likeness (QED) is 0.817. The predicted octanol–water partition coefficient (Wildman–Crippen LogP) is 4.41. The highest BCUT2D eigenvalue weighted by Crippen LogP contribution is 2.39. The van der Waals surface area contributed by atoms with Crippen LogP contribution in [0, 0.1) is 24.6 Å². The van der Waals surface area contributed by atoms with E-state index in [0.717, 1.165) is 23.3 Å². The summed E-state index contributed by atoms with van der Waals surface area (Å²) in [6.07, 6.45) is 0.932. The van der Waals surface area contributed by atoms with E-state index in [1.165, 1.54) is 6.07 Å². The first-order valence-electron chi connectivity index (χ1n) is 7.54. The van der Waals surface area contributed by atoms with Gasteiger partial charge in [0.25, 0.3) is 0 Å². The number of ether oxygens (including phenoxy) is 1. The second-order valence-corrected chi connectivity index (χ2v) is 6.03. The molecule has 0 bridgehead atoms. The van der Waals surface area contributed by atoms with Gasteiger partial charge in [0.05, 0.1) is 6.61 Å². The second-order valence-electron chi connectivity index (χ2n) is 6.03. The Balaban J connectivity index is 1.65. The van der Waals surface area contributed by atoms with Crippen LogP contribution in [0.5, 0.6) is 5.75 Å². The van der Waals surface area contributed by atoms with Gasteiger partial charge in [0.15, 0.2) is 0 Å². The van der Waals surface area contributed by atoms with Crippen molar-refractivity contribution in [1.82, 2.24) is 0 Å². The highest BCUT2D eigenvalue weighted by Gasteiger charge is 2.41. The number of ketones is 1. The van der Waals surface area contributed by atoms with Crippen molar-refractivity contribution in [3.05, 3.63) is 53.8 Å². The minimum absolute atomic E-state index is 0.181. The van der Waals surface area contributed by atoms with E-state index in [-0.39, 0.29) is 17.5 Å². The van der Waals surface area contributed by atoms with Gasteiger partial charge in [-0.3, -0.25) is 4.79 Å². The summed E-state index contributed by atoms with van der Waals surface area (Å²) in [5.41, 5.74) is 2.47. The number of hydrogen-bond acceptors (Lipinski definition) is 2. The Labute approximate surface area is 129 Å². The van der Waals surface area contributed by atoms with Gasteiger partial charge in [-0.1, -0.05) is 23.8 Å². The first-order valence-corrected chi connectivity index (χ1v) is 7.54. The first-order chi connectivity index (χ1) is 10.5. The van der Waals surface area contributed by atoms with Gasteiger partial charge < -0.3 is 4.74 Å². The smallest absolute Gasteiger partial charge is 0.133 e. The van der Waals surface area contributed by atoms with E-state index in [9.17, 15) is 9.18 Å². The third kappa shape index (κ3) is 3.19. The molecule has 1 saturated carbocycles. The standard InChI is InChI=1S/C19H19FO2/c1-12-3-8-19(20)18(9-12)14-4-6-16(7-5-14)22-11-15-10-17(15)13(2)21/h3-9,15,17H,10-11H2,1-2H3. The maximum Gasteiger partial charge on any atom is 0.133 e. The molecule has 2 nitrogen and oxygen atoms in total. The number of carbonyl (C=O) groups excluding carboxylic acids is 1. The molecule has 0 N–H and O–H groups in total. The van der Waals surface area contributed by atoms with Crippen molar-refractivity contribution in [2.24, 2.45) is 11.8 Å². The highest BCUT2D eigenvalue weighted by molar-refractivity contribution is 5.81. The Morgan fingerprint density at radius 3 is 2.59 bits per heavy atom. The lowest BCUT2D eigenvalue weighted by molar-refractivity contribution is -0.118. The molecule has 114 valence electrons. The molecule has 0 heterocycles. The van der Waals surface area contributed by atoms with Gasteiger partial charge in [-0.05, 0) is 50.1 Å². The van der Waals surface area contributed by atoms with Crippen molar-refractivity contribution >= 4 is 5.78 Å². The molecular weight excluding hydrogens is 279 g/mol. The molecule has 22 heavy (non-hydrogen) atoms. The zero-order valence-electron chi connectivity index (χ0n) is 12.8. The van der Waals surface area contributed by atoms with Crippen molar-refractivity contribution < 1.29 is 13.9 Å². The van der Waals surface area contributed by atoms with E-state index in [2.05, 4.69) is 0 Å². The van der Waals surface area contributed by atoms with Gasteiger partial charge in [0.1, 0.15) is 17.3 Å². The van der Waals surface area contributed by atoms with Gasteiger partial charge >= 0.3 is 0 Å². The number of halogens is 1. The van der Waals surface area contributed by atoms with E-state index in [1.807, 2.05) is 37.3 Å². The van der Waals surface area contributed by atoms with Crippen LogP contribution in [0.2, 0.25) is 0 Å². The van der Waals surface area contributed by atoms with Crippen molar-refractivity contribution in [3.63, 3.8) is 0 Å². The molecule has 3 rings (SSSR count). The summed E-state index contributed by atoms with van der Waals surface area (Å²) < 4.78 is 19.6. The van der Waals surface area contributed by atoms with Crippen molar-refractivity contribution in [3.8, 4) is 16.9 Å². The number of Topliss-reactive ketones (excluding diaryl/α,β-unsaturated/α-hetero) is 1. The van der Waals surface area contributed by atoms with E-state index >= 15 is 0 Å². The molecule has 1 fully saturated rings. The average molecular weight is 298 g/mol. The lowest BCUT2D eigenvalue weighted by Crippen LogP contribution is -2.04. The van der Waals surface area contributed by atoms with Crippen molar-refractivity contribution in [2.75, 3.05) is 6.61 Å². The maximum atomic E-state index is 13.9. The van der Waals surface area contributed by atoms with Gasteiger partial charge in [-0.2, -0.15) is 0 Å². The fraction of sp³-hybridized carbons (Fsp3) is 0.316. The Bertz CT molecular complexity index is 691. The molecule has 0 radical (unpaired) electrons. The van der Waals surface area contributed by atoms with Crippen LogP contribution in [0.25, 0.3) is 11.1 Å². The number of carbonyl (C=O) groups is 1. The molecule has 2 atom stereocenters. The first kappa shape index (κ1) is 14.8. The Kier molecular flexibility index (Phi) is 3.97. The summed E-state index contributed by atoms with van der Waals surface area (Å²) in [5, 5.41) is 0. The number of hydrogen-bond donors (Lipinski definition) is 0. The van der Waals surface area contributed by atoms with Crippen LogP contribution in [-0.4, -0.2) is 12.4 Å². The maximum absolute atomic E-state index is 13.9. The highest BCUT2D eigenvalue weighted by atomic mass is 19.1. The third-order valence-corrected chi connectivity index (χ3v) is 4.20. The van der Waals surface area contributed by atoms with Gasteiger partial charge in [0, 0.05) is 17.4 Å². The minimum Gasteiger partial charge on any atom is -0.493 e. The van der Waals surface area contributed by atoms with Gasteiger partial charge in [0.2, 0.25) is 0 Å². The molecule has 2 unspecified atom stereocenters. The number of rotatable bonds is 5. The van der Waals surface area contributed by atoms with Gasteiger partial charge in [-0.25, -0.2) is 4.39 Å². The third-order valence-electron chi connectivity index (χ3n) is 4.20. The molecule has 0 saturated heterocycles. The Hall–Kier alpha value is -2.16. The molecule has 3 heteroatoms. The summed E-state index contributed by atoms with van der Waals surface area (Å²) >= 11 is 0. The van der Waals surface area contributed by atoms with E-state index in [1.54, 1.807) is 13.0 Å². The molecular formula is C19H19FO2. The van der Waals surface area contributed by atoms with Crippen molar-refractivity contribution in [1.29, 1.82) is 0 Å². The molecule has 2 aromatic rings. The molecule has 0 aliphatic heterocycles. The lowest BCUT2D eigenvalue weighted by Gasteiger charge is -2.08. The molecule has 0 aromatic heterocycles. The lowest BCUT2D eigenvalue weighted by atomic mass is 10.0. The number of benzene rings is 2. The van der Waals surface area contributed by atoms with Crippen LogP contribution in [0.3, 0.4) is 0 Å². The van der Waals surface area contributed by atoms with Crippen LogP contribution in [-0.2, 0) is 4.79 Å². The second kappa shape index (κ2) is 5.91. The molecule has 2 aromatic carbocycles. The Morgan fingerprint density at radius 2 is 1.95 bits per heavy atom. The fourth-order valence-corrected chi connectivity index (χ4v) is 2.72. The van der Waals surface area contributed by atoms with Crippen LogP contribution in [0.1, 0.15) is 18.9 Å². The molecule has 1 aliphatic carbocycles. The monoisotopic (exact) mass is 298 g/mol. The van der Waals surface area contributed by atoms with E-state index in [4.69, 9.17) is 4.74 Å². The topological polar surface area (TPSA) is 26.3 Å². The van der Waals surface area contributed by atoms with Gasteiger partial charge in [-0.15, -0.1) is 0 Å². The largest absolute Gasteiger partial charge is 0.493 e. The summed E-state index contributed by atoms with van der Waals surface area (Å²) in [5.74, 6) is 1.32. The summed E-state index contributed by atoms with van der Waals surface area (Å²) in [7, 11) is 0. The zero-order chi connectivity index (χ0) is 15.7. The SMILES string of the molecule is CC(=O)C1CC1COc1ccc(-c2cc(C)ccc2F)cc1. The minimum atomic E-state index is -0.221. The van der Waals surface area contributed by atoms with Crippen LogP contribution in [0.4, 0.5) is 4.39 Å². The average Bonchev–Trinajstić information content (AvgIpc) is 3.28. The fourth-order valence-electron chi connectivity index (χ4n) is 2.72. The summed E-state index contributed by atoms with van der Waals surface area (Å²) in [6.45, 7) is 4.15. The van der Waals surface area contributed by atoms with Crippen LogP contribution < -0.4 is 4.74 Å². The normalized spacial score (nSPS) is 19.8. The summed E-state index contributed by atoms with van der Waals surface area (Å²) in [4.78, 5) is 11.2. The van der Waals surface area contributed by atoms with Crippen molar-refractivity contribution in [2.45, 2.75) is 20.3 Å². The molecule has 1 aliphatic rings. The zero-order valence-corrected chi connectivity index (χ0v) is 12.8. The Morgan fingerprint density at radius 1 is 1.23 bits per heavy atom. The van der Waals surface area contributed by atoms with E-state index < -0.39 is 0 Å². The molecule has 0 spiro atoms. The van der Waals surface area contributed by atoms with Crippen LogP contribution in [0.15, 0.2) is 42.5 Å². The predicted molar refractivity (Wildman–Crippen MR) is 84.3 cm³/mol. The number of aryl methyl sites for hydroxylation is 1.